The van der Waals surface area contributed by atoms with Crippen LogP contribution < -0.4 is 5.32 Å². The van der Waals surface area contributed by atoms with E-state index < -0.39 is 12.1 Å². The molecule has 3 rings (SSSR count). The highest BCUT2D eigenvalue weighted by atomic mass is 35.5. The fourth-order valence-electron chi connectivity index (χ4n) is 2.19. The molecule has 0 bridgehead atoms. The normalized spacial score (nSPS) is 11.7. The molecule has 8 heteroatoms. The zero-order valence-corrected chi connectivity index (χ0v) is 13.0. The number of aryl methyl sites for hydroxylation is 1. The van der Waals surface area contributed by atoms with Gasteiger partial charge in [0.25, 0.3) is 0 Å². The Hall–Kier alpha value is -2.54. The lowest BCUT2D eigenvalue weighted by atomic mass is 10.2. The van der Waals surface area contributed by atoms with Crippen LogP contribution in [0.25, 0.3) is 22.6 Å². The standard InChI is InChI=1S/C16H10ClF3N2O2/c1-8-6-11(21-15(23)16(18,19)20)7-12-13(8)24-14(22-12)9-2-4-10(17)5-3-9/h2-7H,1H3,(H,21,23). The van der Waals surface area contributed by atoms with Gasteiger partial charge in [-0.25, -0.2) is 4.98 Å². The SMILES string of the molecule is Cc1cc(NC(=O)C(F)(F)F)cc2nc(-c3ccc(Cl)cc3)oc12. The van der Waals surface area contributed by atoms with Crippen molar-refractivity contribution in [2.75, 3.05) is 5.32 Å². The molecule has 1 aromatic heterocycles. The van der Waals surface area contributed by atoms with E-state index in [0.29, 0.717) is 33.1 Å². The summed E-state index contributed by atoms with van der Waals surface area (Å²) in [6.45, 7) is 1.66. The highest BCUT2D eigenvalue weighted by Crippen LogP contribution is 2.30. The van der Waals surface area contributed by atoms with Crippen molar-refractivity contribution in [2.24, 2.45) is 0 Å². The van der Waals surface area contributed by atoms with Gasteiger partial charge in [0, 0.05) is 16.3 Å². The van der Waals surface area contributed by atoms with E-state index in [-0.39, 0.29) is 5.69 Å². The minimum absolute atomic E-state index is 0.00159. The van der Waals surface area contributed by atoms with Gasteiger partial charge in [0.05, 0.1) is 0 Å². The molecule has 1 heterocycles. The summed E-state index contributed by atoms with van der Waals surface area (Å²) in [5.74, 6) is -1.73. The van der Waals surface area contributed by atoms with Crippen LogP contribution in [-0.2, 0) is 4.79 Å². The smallest absolute Gasteiger partial charge is 0.436 e. The second-order valence-corrected chi connectivity index (χ2v) is 5.56. The number of carbonyl (C=O) groups is 1. The summed E-state index contributed by atoms with van der Waals surface area (Å²) in [7, 11) is 0. The number of alkyl halides is 3. The van der Waals surface area contributed by atoms with Crippen molar-refractivity contribution in [3.63, 3.8) is 0 Å². The van der Waals surface area contributed by atoms with Crippen molar-refractivity contribution in [1.82, 2.24) is 4.98 Å². The van der Waals surface area contributed by atoms with E-state index >= 15 is 0 Å². The summed E-state index contributed by atoms with van der Waals surface area (Å²) < 4.78 is 42.7. The van der Waals surface area contributed by atoms with E-state index in [9.17, 15) is 18.0 Å². The third-order valence-corrected chi connectivity index (χ3v) is 3.53. The molecule has 4 nitrogen and oxygen atoms in total. The summed E-state index contributed by atoms with van der Waals surface area (Å²) >= 11 is 5.83. The van der Waals surface area contributed by atoms with Crippen LogP contribution >= 0.6 is 11.6 Å². The van der Waals surface area contributed by atoms with Gasteiger partial charge in [-0.3, -0.25) is 4.79 Å². The van der Waals surface area contributed by atoms with Crippen molar-refractivity contribution in [3.8, 4) is 11.5 Å². The minimum atomic E-state index is -4.96. The highest BCUT2D eigenvalue weighted by molar-refractivity contribution is 6.30. The van der Waals surface area contributed by atoms with Crippen LogP contribution in [0.3, 0.4) is 0 Å². The lowest BCUT2D eigenvalue weighted by Crippen LogP contribution is -2.29. The fourth-order valence-corrected chi connectivity index (χ4v) is 2.32. The molecule has 24 heavy (non-hydrogen) atoms. The van der Waals surface area contributed by atoms with Gasteiger partial charge in [0.1, 0.15) is 5.52 Å². The Morgan fingerprint density at radius 2 is 1.88 bits per heavy atom. The molecule has 0 aliphatic carbocycles. The van der Waals surface area contributed by atoms with Gasteiger partial charge in [-0.15, -0.1) is 0 Å². The van der Waals surface area contributed by atoms with E-state index in [0.717, 1.165) is 0 Å². The summed E-state index contributed by atoms with van der Waals surface area (Å²) in [4.78, 5) is 15.3. The maximum atomic E-state index is 12.4. The molecule has 1 N–H and O–H groups in total. The number of benzene rings is 2. The van der Waals surface area contributed by atoms with Gasteiger partial charge in [0.2, 0.25) is 5.89 Å². The highest BCUT2D eigenvalue weighted by Gasteiger charge is 2.38. The second kappa shape index (κ2) is 5.83. The zero-order chi connectivity index (χ0) is 17.5. The van der Waals surface area contributed by atoms with Crippen molar-refractivity contribution in [2.45, 2.75) is 13.1 Å². The van der Waals surface area contributed by atoms with Crippen LogP contribution in [-0.4, -0.2) is 17.1 Å². The van der Waals surface area contributed by atoms with Gasteiger partial charge >= 0.3 is 12.1 Å². The first-order chi connectivity index (χ1) is 11.2. The molecule has 1 amide bonds. The van der Waals surface area contributed by atoms with Gasteiger partial charge < -0.3 is 9.73 Å². The number of aromatic nitrogens is 1. The molecular weight excluding hydrogens is 345 g/mol. The molecule has 0 radical (unpaired) electrons. The third-order valence-electron chi connectivity index (χ3n) is 3.28. The summed E-state index contributed by atoms with van der Waals surface area (Å²) in [5.41, 5.74) is 2.01. The van der Waals surface area contributed by atoms with Gasteiger partial charge in [-0.1, -0.05) is 11.6 Å². The number of nitrogens with one attached hydrogen (secondary N) is 1. The Kier molecular flexibility index (Phi) is 3.96. The van der Waals surface area contributed by atoms with E-state index in [4.69, 9.17) is 16.0 Å². The lowest BCUT2D eigenvalue weighted by Gasteiger charge is -2.08. The number of oxazole rings is 1. The summed E-state index contributed by atoms with van der Waals surface area (Å²) in [5, 5.41) is 2.37. The van der Waals surface area contributed by atoms with Crippen LogP contribution in [0.4, 0.5) is 18.9 Å². The fraction of sp³-hybridized carbons (Fsp3) is 0.125. The first kappa shape index (κ1) is 16.3. The van der Waals surface area contributed by atoms with E-state index in [1.807, 2.05) is 5.32 Å². The molecule has 3 aromatic rings. The molecule has 124 valence electrons. The second-order valence-electron chi connectivity index (χ2n) is 5.12. The van der Waals surface area contributed by atoms with E-state index in [2.05, 4.69) is 4.98 Å². The topological polar surface area (TPSA) is 55.1 Å². The maximum Gasteiger partial charge on any atom is 0.471 e. The molecule has 0 saturated carbocycles. The van der Waals surface area contributed by atoms with Crippen LogP contribution in [0.15, 0.2) is 40.8 Å². The molecule has 0 unspecified atom stereocenters. The van der Waals surface area contributed by atoms with Crippen molar-refractivity contribution in [3.05, 3.63) is 47.0 Å². The van der Waals surface area contributed by atoms with Crippen LogP contribution in [0.2, 0.25) is 5.02 Å². The third kappa shape index (κ3) is 3.21. The number of nitrogens with zero attached hydrogens (tertiary/aromatic N) is 1. The Bertz CT molecular complexity index is 917. The first-order valence-corrected chi connectivity index (χ1v) is 7.17. The van der Waals surface area contributed by atoms with Gasteiger partial charge in [-0.05, 0) is 48.9 Å². The Morgan fingerprint density at radius 3 is 2.50 bits per heavy atom. The number of carbonyl (C=O) groups excluding carboxylic acids is 1. The predicted molar refractivity (Wildman–Crippen MR) is 83.9 cm³/mol. The largest absolute Gasteiger partial charge is 0.471 e. The average Bonchev–Trinajstić information content (AvgIpc) is 2.91. The summed E-state index contributed by atoms with van der Waals surface area (Å²) in [6.07, 6.45) is -4.96. The number of anilines is 1. The Morgan fingerprint density at radius 1 is 1.21 bits per heavy atom. The van der Waals surface area contributed by atoms with Crippen LogP contribution in [0.1, 0.15) is 5.56 Å². The molecule has 0 spiro atoms. The average molecular weight is 355 g/mol. The van der Waals surface area contributed by atoms with Gasteiger partial charge in [-0.2, -0.15) is 13.2 Å². The zero-order valence-electron chi connectivity index (χ0n) is 12.2. The maximum absolute atomic E-state index is 12.4. The lowest BCUT2D eigenvalue weighted by molar-refractivity contribution is -0.167. The van der Waals surface area contributed by atoms with Gasteiger partial charge in [0.15, 0.2) is 5.58 Å². The molecule has 0 fully saturated rings. The van der Waals surface area contributed by atoms with E-state index in [1.165, 1.54) is 12.1 Å². The summed E-state index contributed by atoms with van der Waals surface area (Å²) in [6, 6.07) is 9.50. The molecule has 0 aliphatic heterocycles. The number of halogens is 4. The number of amides is 1. The van der Waals surface area contributed by atoms with E-state index in [1.54, 1.807) is 31.2 Å². The predicted octanol–water partition coefficient (Wildman–Crippen LogP) is 4.96. The quantitative estimate of drug-likeness (QED) is 0.707. The molecule has 0 aliphatic rings. The molecule has 2 aromatic carbocycles. The van der Waals surface area contributed by atoms with Crippen molar-refractivity contribution < 1.29 is 22.4 Å². The van der Waals surface area contributed by atoms with Crippen LogP contribution in [0, 0.1) is 6.92 Å². The minimum Gasteiger partial charge on any atom is -0.436 e. The van der Waals surface area contributed by atoms with Crippen molar-refractivity contribution in [1.29, 1.82) is 0 Å². The number of fused-ring (bicyclic) bond motifs is 1. The Labute approximate surface area is 139 Å². The molecular formula is C16H10ClF3N2O2. The van der Waals surface area contributed by atoms with Crippen molar-refractivity contribution >= 4 is 34.3 Å². The Balaban J connectivity index is 1.99. The number of rotatable bonds is 2. The number of hydrogen-bond acceptors (Lipinski definition) is 3. The van der Waals surface area contributed by atoms with Crippen LogP contribution in [0.5, 0.6) is 0 Å². The number of hydrogen-bond donors (Lipinski definition) is 1. The monoisotopic (exact) mass is 354 g/mol. The molecule has 0 saturated heterocycles. The first-order valence-electron chi connectivity index (χ1n) is 6.79. The molecule has 0 atom stereocenters.